The van der Waals surface area contributed by atoms with E-state index in [0.717, 1.165) is 24.5 Å². The Labute approximate surface area is 88.9 Å². The Morgan fingerprint density at radius 1 is 1.73 bits per heavy atom. The zero-order valence-electron chi connectivity index (χ0n) is 8.94. The van der Waals surface area contributed by atoms with Crippen LogP contribution in [0, 0.1) is 5.92 Å². The summed E-state index contributed by atoms with van der Waals surface area (Å²) in [6, 6.07) is 0. The van der Waals surface area contributed by atoms with Crippen LogP contribution in [-0.4, -0.2) is 20.6 Å². The van der Waals surface area contributed by atoms with Gasteiger partial charge in [0.25, 0.3) is 0 Å². The molecule has 0 saturated carbocycles. The zero-order valence-corrected chi connectivity index (χ0v) is 8.94. The summed E-state index contributed by atoms with van der Waals surface area (Å²) in [4.78, 5) is 14.8. The molecule has 1 aromatic rings. The fourth-order valence-electron chi connectivity index (χ4n) is 2.09. The van der Waals surface area contributed by atoms with Gasteiger partial charge < -0.3 is 9.67 Å². The Bertz CT molecular complexity index is 371. The van der Waals surface area contributed by atoms with Crippen molar-refractivity contribution in [3.63, 3.8) is 0 Å². The number of aliphatic carboxylic acids is 1. The molecule has 0 saturated heterocycles. The zero-order chi connectivity index (χ0) is 10.8. The molecule has 0 bridgehead atoms. The summed E-state index contributed by atoms with van der Waals surface area (Å²) < 4.78 is 2.19. The third kappa shape index (κ3) is 2.19. The molecule has 1 aromatic heterocycles. The lowest BCUT2D eigenvalue weighted by Crippen LogP contribution is -2.20. The van der Waals surface area contributed by atoms with Crippen LogP contribution in [0.1, 0.15) is 31.3 Å². The maximum Gasteiger partial charge on any atom is 0.303 e. The number of hydrogen-bond acceptors (Lipinski definition) is 2. The lowest BCUT2D eigenvalue weighted by molar-refractivity contribution is -0.136. The van der Waals surface area contributed by atoms with Gasteiger partial charge in [-0.2, -0.15) is 0 Å². The highest BCUT2D eigenvalue weighted by atomic mass is 16.4. The monoisotopic (exact) mass is 208 g/mol. The average molecular weight is 208 g/mol. The highest BCUT2D eigenvalue weighted by Gasteiger charge is 2.18. The number of aromatic nitrogens is 2. The molecule has 0 radical (unpaired) electrons. The third-order valence-electron chi connectivity index (χ3n) is 2.97. The summed E-state index contributed by atoms with van der Waals surface area (Å²) in [6.07, 6.45) is 4.83. The molecule has 1 N–H and O–H groups in total. The number of carboxylic acid groups (broad SMARTS) is 1. The summed E-state index contributed by atoms with van der Waals surface area (Å²) in [5.41, 5.74) is 1.07. The van der Waals surface area contributed by atoms with E-state index in [-0.39, 0.29) is 6.42 Å². The number of fused-ring (bicyclic) bond motifs is 1. The SMILES string of the molecule is CC1CCc2ncc(CCC(=O)O)n2C1. The first-order valence-electron chi connectivity index (χ1n) is 5.42. The van der Waals surface area contributed by atoms with Crippen molar-refractivity contribution in [2.75, 3.05) is 0 Å². The molecule has 1 atom stereocenters. The van der Waals surface area contributed by atoms with Crippen LogP contribution in [0.2, 0.25) is 0 Å². The van der Waals surface area contributed by atoms with Gasteiger partial charge in [-0.05, 0) is 18.8 Å². The number of carboxylic acids is 1. The van der Waals surface area contributed by atoms with E-state index in [2.05, 4.69) is 16.5 Å². The minimum atomic E-state index is -0.741. The molecule has 0 aromatic carbocycles. The predicted octanol–water partition coefficient (Wildman–Crippen LogP) is 1.48. The van der Waals surface area contributed by atoms with Gasteiger partial charge in [-0.3, -0.25) is 4.79 Å². The van der Waals surface area contributed by atoms with E-state index in [1.807, 2.05) is 6.20 Å². The van der Waals surface area contributed by atoms with E-state index in [0.29, 0.717) is 12.3 Å². The number of nitrogens with zero attached hydrogens (tertiary/aromatic N) is 2. The molecular weight excluding hydrogens is 192 g/mol. The van der Waals surface area contributed by atoms with Crippen molar-refractivity contribution in [3.05, 3.63) is 17.7 Å². The third-order valence-corrected chi connectivity index (χ3v) is 2.97. The minimum Gasteiger partial charge on any atom is -0.481 e. The minimum absolute atomic E-state index is 0.194. The summed E-state index contributed by atoms with van der Waals surface area (Å²) in [5.74, 6) is 1.05. The van der Waals surface area contributed by atoms with Gasteiger partial charge in [-0.1, -0.05) is 6.92 Å². The Morgan fingerprint density at radius 2 is 2.53 bits per heavy atom. The first-order valence-corrected chi connectivity index (χ1v) is 5.42. The van der Waals surface area contributed by atoms with E-state index in [9.17, 15) is 4.79 Å². The van der Waals surface area contributed by atoms with E-state index in [1.165, 1.54) is 6.42 Å². The molecule has 0 aliphatic carbocycles. The first kappa shape index (κ1) is 10.2. The summed E-state index contributed by atoms with van der Waals surface area (Å²) >= 11 is 0. The van der Waals surface area contributed by atoms with Gasteiger partial charge in [0, 0.05) is 24.9 Å². The van der Waals surface area contributed by atoms with Crippen molar-refractivity contribution in [2.24, 2.45) is 5.92 Å². The van der Waals surface area contributed by atoms with Crippen LogP contribution >= 0.6 is 0 Å². The van der Waals surface area contributed by atoms with Gasteiger partial charge in [0.1, 0.15) is 5.82 Å². The quantitative estimate of drug-likeness (QED) is 0.818. The molecule has 4 heteroatoms. The number of rotatable bonds is 3. The second-order valence-corrected chi connectivity index (χ2v) is 4.31. The van der Waals surface area contributed by atoms with Crippen molar-refractivity contribution < 1.29 is 9.90 Å². The Hall–Kier alpha value is -1.32. The summed E-state index contributed by atoms with van der Waals surface area (Å²) in [6.45, 7) is 3.22. The van der Waals surface area contributed by atoms with Gasteiger partial charge >= 0.3 is 5.97 Å². The van der Waals surface area contributed by atoms with E-state index in [1.54, 1.807) is 0 Å². The molecule has 1 aliphatic rings. The molecule has 0 amide bonds. The summed E-state index contributed by atoms with van der Waals surface area (Å²) in [5, 5.41) is 8.64. The van der Waals surface area contributed by atoms with Crippen LogP contribution in [0.4, 0.5) is 0 Å². The molecule has 15 heavy (non-hydrogen) atoms. The molecule has 4 nitrogen and oxygen atoms in total. The van der Waals surface area contributed by atoms with Crippen LogP contribution in [0.5, 0.6) is 0 Å². The standard InChI is InChI=1S/C11H16N2O2/c1-8-2-4-10-12-6-9(13(10)7-8)3-5-11(14)15/h6,8H,2-5,7H2,1H3,(H,14,15). The highest BCUT2D eigenvalue weighted by molar-refractivity contribution is 5.66. The van der Waals surface area contributed by atoms with Crippen molar-refractivity contribution in [2.45, 2.75) is 39.2 Å². The van der Waals surface area contributed by atoms with Gasteiger partial charge in [0.15, 0.2) is 0 Å². The van der Waals surface area contributed by atoms with Gasteiger partial charge in [-0.15, -0.1) is 0 Å². The van der Waals surface area contributed by atoms with E-state index < -0.39 is 5.97 Å². The fourth-order valence-corrected chi connectivity index (χ4v) is 2.09. The second-order valence-electron chi connectivity index (χ2n) is 4.31. The molecule has 2 rings (SSSR count). The smallest absolute Gasteiger partial charge is 0.303 e. The highest BCUT2D eigenvalue weighted by Crippen LogP contribution is 2.21. The van der Waals surface area contributed by atoms with E-state index >= 15 is 0 Å². The molecule has 0 spiro atoms. The Balaban J connectivity index is 2.12. The Kier molecular flexibility index (Phi) is 2.75. The van der Waals surface area contributed by atoms with Crippen molar-refractivity contribution >= 4 is 5.97 Å². The van der Waals surface area contributed by atoms with Crippen molar-refractivity contribution in [1.29, 1.82) is 0 Å². The van der Waals surface area contributed by atoms with Crippen LogP contribution in [0.3, 0.4) is 0 Å². The first-order chi connectivity index (χ1) is 7.16. The second kappa shape index (κ2) is 4.04. The van der Waals surface area contributed by atoms with Crippen LogP contribution in [0.25, 0.3) is 0 Å². The lowest BCUT2D eigenvalue weighted by Gasteiger charge is -2.21. The fraction of sp³-hybridized carbons (Fsp3) is 0.636. The van der Waals surface area contributed by atoms with Crippen LogP contribution in [-0.2, 0) is 24.2 Å². The number of imidazole rings is 1. The van der Waals surface area contributed by atoms with E-state index in [4.69, 9.17) is 5.11 Å². The largest absolute Gasteiger partial charge is 0.481 e. The molecule has 2 heterocycles. The average Bonchev–Trinajstić information content (AvgIpc) is 2.57. The molecular formula is C11H16N2O2. The van der Waals surface area contributed by atoms with Crippen LogP contribution in [0.15, 0.2) is 6.20 Å². The predicted molar refractivity (Wildman–Crippen MR) is 55.7 cm³/mol. The number of carbonyl (C=O) groups is 1. The molecule has 1 aliphatic heterocycles. The lowest BCUT2D eigenvalue weighted by atomic mass is 10.0. The van der Waals surface area contributed by atoms with Crippen molar-refractivity contribution in [3.8, 4) is 0 Å². The maximum absolute atomic E-state index is 10.5. The molecule has 82 valence electrons. The molecule has 1 unspecified atom stereocenters. The van der Waals surface area contributed by atoms with Gasteiger partial charge in [-0.25, -0.2) is 4.98 Å². The number of aryl methyl sites for hydroxylation is 2. The van der Waals surface area contributed by atoms with Crippen molar-refractivity contribution in [1.82, 2.24) is 9.55 Å². The van der Waals surface area contributed by atoms with Gasteiger partial charge in [0.2, 0.25) is 0 Å². The summed E-state index contributed by atoms with van der Waals surface area (Å²) in [7, 11) is 0. The number of hydrogen-bond donors (Lipinski definition) is 1. The normalized spacial score (nSPS) is 19.9. The van der Waals surface area contributed by atoms with Crippen LogP contribution < -0.4 is 0 Å². The molecule has 0 fully saturated rings. The Morgan fingerprint density at radius 3 is 3.27 bits per heavy atom. The topological polar surface area (TPSA) is 55.1 Å². The maximum atomic E-state index is 10.5. The van der Waals surface area contributed by atoms with Gasteiger partial charge in [0.05, 0.1) is 6.42 Å².